The van der Waals surface area contributed by atoms with Gasteiger partial charge in [-0.1, -0.05) is 0 Å². The van der Waals surface area contributed by atoms with E-state index in [9.17, 15) is 23.1 Å². The van der Waals surface area contributed by atoms with Crippen LogP contribution >= 0.6 is 11.3 Å². The maximum absolute atomic E-state index is 13.3. The molecule has 3 rings (SSSR count). The zero-order valence-electron chi connectivity index (χ0n) is 11.1. The van der Waals surface area contributed by atoms with Gasteiger partial charge in [-0.15, -0.1) is 11.3 Å². The molecule has 0 aromatic carbocycles. The van der Waals surface area contributed by atoms with Crippen LogP contribution in [0.1, 0.15) is 22.7 Å². The van der Waals surface area contributed by atoms with Crippen LogP contribution in [0.3, 0.4) is 0 Å². The zero-order chi connectivity index (χ0) is 16.8. The van der Waals surface area contributed by atoms with Crippen LogP contribution in [0, 0.1) is 0 Å². The smallest absolute Gasteiger partial charge is 0.438 e. The molecular weight excluding hydrogens is 339 g/mol. The topological polar surface area (TPSA) is 99.2 Å². The van der Waals surface area contributed by atoms with Crippen molar-refractivity contribution in [2.24, 2.45) is 5.10 Å². The molecule has 1 atom stereocenters. The van der Waals surface area contributed by atoms with Crippen molar-refractivity contribution < 1.29 is 32.6 Å². The second-order valence-electron chi connectivity index (χ2n) is 4.65. The minimum Gasteiger partial charge on any atom is -0.476 e. The summed E-state index contributed by atoms with van der Waals surface area (Å²) in [5, 5.41) is 23.6. The van der Waals surface area contributed by atoms with Crippen LogP contribution in [-0.4, -0.2) is 38.8 Å². The molecule has 0 bridgehead atoms. The quantitative estimate of drug-likeness (QED) is 0.884. The lowest BCUT2D eigenvalue weighted by atomic mass is 10.1. The normalized spacial score (nSPS) is 21.6. The molecule has 0 spiro atoms. The Bertz CT molecular complexity index is 771. The fourth-order valence-electron chi connectivity index (χ4n) is 2.01. The molecule has 0 saturated heterocycles. The van der Waals surface area contributed by atoms with Crippen molar-refractivity contribution in [3.05, 3.63) is 35.2 Å². The van der Waals surface area contributed by atoms with E-state index >= 15 is 0 Å². The maximum Gasteiger partial charge on any atom is 0.438 e. The van der Waals surface area contributed by atoms with Crippen molar-refractivity contribution in [1.29, 1.82) is 0 Å². The average Bonchev–Trinajstić information content (AvgIpc) is 3.16. The molecule has 0 aliphatic carbocycles. The Morgan fingerprint density at radius 2 is 2.22 bits per heavy atom. The van der Waals surface area contributed by atoms with E-state index in [4.69, 9.17) is 9.52 Å². The zero-order valence-corrected chi connectivity index (χ0v) is 11.9. The van der Waals surface area contributed by atoms with Gasteiger partial charge >= 0.3 is 12.1 Å². The number of furan rings is 1. The third kappa shape index (κ3) is 2.47. The van der Waals surface area contributed by atoms with Gasteiger partial charge in [-0.3, -0.25) is 0 Å². The van der Waals surface area contributed by atoms with E-state index in [2.05, 4.69) is 10.1 Å². The Hall–Kier alpha value is -2.40. The third-order valence-corrected chi connectivity index (χ3v) is 3.95. The van der Waals surface area contributed by atoms with Gasteiger partial charge in [-0.2, -0.15) is 23.3 Å². The molecule has 122 valence electrons. The molecule has 0 saturated carbocycles. The van der Waals surface area contributed by atoms with Crippen LogP contribution in [0.4, 0.5) is 18.3 Å². The van der Waals surface area contributed by atoms with E-state index in [-0.39, 0.29) is 21.6 Å². The lowest BCUT2D eigenvalue weighted by Gasteiger charge is -2.32. The highest BCUT2D eigenvalue weighted by atomic mass is 32.1. The number of carboxylic acid groups (broad SMARTS) is 1. The van der Waals surface area contributed by atoms with Gasteiger partial charge < -0.3 is 14.6 Å². The van der Waals surface area contributed by atoms with Crippen LogP contribution in [0.15, 0.2) is 33.3 Å². The Labute approximate surface area is 130 Å². The molecule has 1 aliphatic rings. The second-order valence-corrected chi connectivity index (χ2v) is 5.48. The summed E-state index contributed by atoms with van der Waals surface area (Å²) in [6.45, 7) is 0. The van der Waals surface area contributed by atoms with Crippen molar-refractivity contribution >= 4 is 28.1 Å². The Balaban J connectivity index is 2.06. The van der Waals surface area contributed by atoms with Gasteiger partial charge in [0.25, 0.3) is 5.72 Å². The standard InChI is InChI=1S/C12H8F3N3O4S/c13-12(14,15)11(21)4-6(8-2-1-3-22-8)17-18(11)10-16-7(5-23-10)9(19)20/h1-3,5,21H,4H2,(H,19,20). The number of hydrogen-bond acceptors (Lipinski definition) is 7. The predicted octanol–water partition coefficient (Wildman–Crippen LogP) is 2.30. The van der Waals surface area contributed by atoms with Gasteiger partial charge in [0.2, 0.25) is 5.13 Å². The summed E-state index contributed by atoms with van der Waals surface area (Å²) >= 11 is 0.629. The first-order chi connectivity index (χ1) is 10.7. The molecule has 1 unspecified atom stereocenters. The molecular formula is C12H8F3N3O4S. The number of hydrazone groups is 1. The fraction of sp³-hybridized carbons (Fsp3) is 0.250. The number of nitrogens with zero attached hydrogens (tertiary/aromatic N) is 3. The van der Waals surface area contributed by atoms with Crippen LogP contribution < -0.4 is 5.01 Å². The lowest BCUT2D eigenvalue weighted by molar-refractivity contribution is -0.254. The van der Waals surface area contributed by atoms with E-state index in [1.165, 1.54) is 18.4 Å². The van der Waals surface area contributed by atoms with E-state index in [1.54, 1.807) is 0 Å². The number of thiazole rings is 1. The highest BCUT2D eigenvalue weighted by molar-refractivity contribution is 7.14. The molecule has 11 heteroatoms. The van der Waals surface area contributed by atoms with Crippen molar-refractivity contribution in [1.82, 2.24) is 4.98 Å². The molecule has 23 heavy (non-hydrogen) atoms. The van der Waals surface area contributed by atoms with Gasteiger partial charge in [0.05, 0.1) is 12.7 Å². The molecule has 2 N–H and O–H groups in total. The van der Waals surface area contributed by atoms with Gasteiger partial charge in [0.1, 0.15) is 11.5 Å². The van der Waals surface area contributed by atoms with Gasteiger partial charge in [-0.25, -0.2) is 9.78 Å². The van der Waals surface area contributed by atoms with E-state index in [0.717, 1.165) is 5.38 Å². The lowest BCUT2D eigenvalue weighted by Crippen LogP contribution is -2.55. The van der Waals surface area contributed by atoms with Crippen LogP contribution in [0.25, 0.3) is 0 Å². The first-order valence-electron chi connectivity index (χ1n) is 6.12. The molecule has 0 fully saturated rings. The maximum atomic E-state index is 13.3. The Kier molecular flexibility index (Phi) is 3.41. The highest BCUT2D eigenvalue weighted by Crippen LogP contribution is 2.44. The molecule has 3 heterocycles. The summed E-state index contributed by atoms with van der Waals surface area (Å²) in [5.41, 5.74) is -3.89. The van der Waals surface area contributed by atoms with Crippen molar-refractivity contribution in [2.45, 2.75) is 18.3 Å². The second kappa shape index (κ2) is 5.06. The summed E-state index contributed by atoms with van der Waals surface area (Å²) in [5.74, 6) is -1.32. The van der Waals surface area contributed by atoms with E-state index in [1.807, 2.05) is 0 Å². The van der Waals surface area contributed by atoms with Crippen molar-refractivity contribution in [2.75, 3.05) is 5.01 Å². The van der Waals surface area contributed by atoms with Crippen molar-refractivity contribution in [3.8, 4) is 0 Å². The third-order valence-electron chi connectivity index (χ3n) is 3.14. The summed E-state index contributed by atoms with van der Waals surface area (Å²) in [4.78, 5) is 14.4. The molecule has 7 nitrogen and oxygen atoms in total. The van der Waals surface area contributed by atoms with E-state index < -0.39 is 30.0 Å². The number of aromatic carboxylic acids is 1. The number of carboxylic acids is 1. The molecule has 0 radical (unpaired) electrons. The van der Waals surface area contributed by atoms with Crippen molar-refractivity contribution in [3.63, 3.8) is 0 Å². The SMILES string of the molecule is O=C(O)c1csc(N2N=C(c3ccco3)CC2(O)C(F)(F)F)n1. The molecule has 2 aromatic heterocycles. The van der Waals surface area contributed by atoms with Crippen LogP contribution in [0.2, 0.25) is 0 Å². The number of rotatable bonds is 3. The number of carbonyl (C=O) groups is 1. The number of alkyl halides is 3. The number of anilines is 1. The number of aromatic nitrogens is 1. The number of halogens is 3. The largest absolute Gasteiger partial charge is 0.476 e. The fourth-order valence-corrected chi connectivity index (χ4v) is 2.82. The summed E-state index contributed by atoms with van der Waals surface area (Å²) in [6.07, 6.45) is -4.65. The summed E-state index contributed by atoms with van der Waals surface area (Å²) in [7, 11) is 0. The summed E-state index contributed by atoms with van der Waals surface area (Å²) < 4.78 is 45.0. The predicted molar refractivity (Wildman–Crippen MR) is 72.4 cm³/mol. The number of hydrogen-bond donors (Lipinski definition) is 2. The first-order valence-corrected chi connectivity index (χ1v) is 7.00. The minimum absolute atomic E-state index is 0.0742. The number of aliphatic hydroxyl groups is 1. The minimum atomic E-state index is -5.04. The Morgan fingerprint density at radius 1 is 1.48 bits per heavy atom. The van der Waals surface area contributed by atoms with Crippen LogP contribution in [0.5, 0.6) is 0 Å². The van der Waals surface area contributed by atoms with Gasteiger partial charge in [-0.05, 0) is 12.1 Å². The summed E-state index contributed by atoms with van der Waals surface area (Å²) in [6, 6.07) is 2.88. The van der Waals surface area contributed by atoms with Crippen LogP contribution in [-0.2, 0) is 0 Å². The van der Waals surface area contributed by atoms with Gasteiger partial charge in [0.15, 0.2) is 5.69 Å². The first kappa shape index (κ1) is 15.5. The Morgan fingerprint density at radius 3 is 2.74 bits per heavy atom. The van der Waals surface area contributed by atoms with Gasteiger partial charge in [0, 0.05) is 5.38 Å². The molecule has 0 amide bonds. The molecule has 2 aromatic rings. The average molecular weight is 347 g/mol. The van der Waals surface area contributed by atoms with E-state index in [0.29, 0.717) is 11.3 Å². The molecule has 1 aliphatic heterocycles. The monoisotopic (exact) mass is 347 g/mol. The highest BCUT2D eigenvalue weighted by Gasteiger charge is 2.63.